The van der Waals surface area contributed by atoms with Gasteiger partial charge in [0.1, 0.15) is 11.3 Å². The van der Waals surface area contributed by atoms with E-state index in [0.29, 0.717) is 22.6 Å². The first kappa shape index (κ1) is 15.5. The summed E-state index contributed by atoms with van der Waals surface area (Å²) in [6.07, 6.45) is 3.31. The average molecular weight is 323 g/mol. The fourth-order valence-electron chi connectivity index (χ4n) is 2.60. The average Bonchev–Trinajstić information content (AvgIpc) is 3.00. The topological polar surface area (TPSA) is 105 Å². The van der Waals surface area contributed by atoms with Crippen LogP contribution >= 0.6 is 0 Å². The van der Waals surface area contributed by atoms with Crippen LogP contribution in [0.4, 0.5) is 5.69 Å². The van der Waals surface area contributed by atoms with Gasteiger partial charge in [-0.3, -0.25) is 9.20 Å². The Morgan fingerprint density at radius 3 is 2.83 bits per heavy atom. The molecule has 0 aliphatic carbocycles. The van der Waals surface area contributed by atoms with Gasteiger partial charge in [0.15, 0.2) is 5.84 Å². The molecule has 2 aromatic heterocycles. The number of fused-ring (bicyclic) bond motifs is 1. The Bertz CT molecular complexity index is 959. The van der Waals surface area contributed by atoms with Gasteiger partial charge in [0.05, 0.1) is 6.20 Å². The molecule has 0 aliphatic heterocycles. The predicted octanol–water partition coefficient (Wildman–Crippen LogP) is 2.30. The molecule has 0 saturated carbocycles. The minimum absolute atomic E-state index is 0.00204. The van der Waals surface area contributed by atoms with E-state index in [9.17, 15) is 4.79 Å². The SMILES string of the molecule is Cc1cc(C)c(/C(N)=N\O)cc1NC(=O)c1cnc2ccccn12. The van der Waals surface area contributed by atoms with Crippen LogP contribution in [0.25, 0.3) is 5.65 Å². The predicted molar refractivity (Wildman–Crippen MR) is 91.6 cm³/mol. The molecule has 7 nitrogen and oxygen atoms in total. The summed E-state index contributed by atoms with van der Waals surface area (Å²) >= 11 is 0. The molecule has 7 heteroatoms. The molecule has 0 atom stereocenters. The normalized spacial score (nSPS) is 11.7. The largest absolute Gasteiger partial charge is 0.409 e. The summed E-state index contributed by atoms with van der Waals surface area (Å²) in [5.41, 5.74) is 9.71. The number of anilines is 1. The standard InChI is InChI=1S/C17H17N5O2/c1-10-7-11(2)13(8-12(10)16(18)21-24)20-17(23)14-9-19-15-5-3-4-6-22(14)15/h3-9,24H,1-2H3,(H2,18,21)(H,20,23). The van der Waals surface area contributed by atoms with Crippen LogP contribution in [0.3, 0.4) is 0 Å². The zero-order chi connectivity index (χ0) is 17.3. The van der Waals surface area contributed by atoms with E-state index in [1.54, 1.807) is 16.7 Å². The van der Waals surface area contributed by atoms with E-state index >= 15 is 0 Å². The molecule has 0 aliphatic rings. The maximum absolute atomic E-state index is 12.6. The number of nitrogens with zero attached hydrogens (tertiary/aromatic N) is 3. The molecular weight excluding hydrogens is 306 g/mol. The molecule has 1 amide bonds. The van der Waals surface area contributed by atoms with Crippen molar-refractivity contribution in [1.29, 1.82) is 0 Å². The number of imidazole rings is 1. The van der Waals surface area contributed by atoms with Crippen molar-refractivity contribution in [3.05, 3.63) is 65.1 Å². The molecule has 4 N–H and O–H groups in total. The molecule has 24 heavy (non-hydrogen) atoms. The van der Waals surface area contributed by atoms with Gasteiger partial charge in [-0.1, -0.05) is 17.3 Å². The molecule has 0 spiro atoms. The van der Waals surface area contributed by atoms with Crippen molar-refractivity contribution >= 4 is 23.1 Å². The quantitative estimate of drug-likeness (QED) is 0.298. The van der Waals surface area contributed by atoms with E-state index in [0.717, 1.165) is 11.1 Å². The molecular formula is C17H17N5O2. The van der Waals surface area contributed by atoms with Crippen molar-refractivity contribution in [3.8, 4) is 0 Å². The highest BCUT2D eigenvalue weighted by Gasteiger charge is 2.15. The third-order valence-electron chi connectivity index (χ3n) is 3.85. The number of hydrogen-bond donors (Lipinski definition) is 3. The number of amides is 1. The van der Waals surface area contributed by atoms with Crippen molar-refractivity contribution < 1.29 is 10.0 Å². The van der Waals surface area contributed by atoms with Gasteiger partial charge < -0.3 is 16.3 Å². The zero-order valence-electron chi connectivity index (χ0n) is 13.3. The third-order valence-corrected chi connectivity index (χ3v) is 3.85. The molecule has 3 rings (SSSR count). The van der Waals surface area contributed by atoms with Crippen LogP contribution in [-0.4, -0.2) is 26.3 Å². The number of nitrogens with two attached hydrogens (primary N) is 1. The summed E-state index contributed by atoms with van der Waals surface area (Å²) in [5, 5.41) is 14.8. The fraction of sp³-hybridized carbons (Fsp3) is 0.118. The Balaban J connectivity index is 1.97. The maximum atomic E-state index is 12.6. The summed E-state index contributed by atoms with van der Waals surface area (Å²) in [6.45, 7) is 3.74. The van der Waals surface area contributed by atoms with Gasteiger partial charge in [-0.05, 0) is 43.2 Å². The van der Waals surface area contributed by atoms with Crippen LogP contribution in [0.1, 0.15) is 27.2 Å². The Labute approximate surface area is 138 Å². The highest BCUT2D eigenvalue weighted by atomic mass is 16.4. The maximum Gasteiger partial charge on any atom is 0.274 e. The van der Waals surface area contributed by atoms with Crippen LogP contribution in [0.15, 0.2) is 47.9 Å². The number of nitrogens with one attached hydrogen (secondary N) is 1. The second-order valence-corrected chi connectivity index (χ2v) is 5.49. The number of rotatable bonds is 3. The van der Waals surface area contributed by atoms with Crippen LogP contribution in [-0.2, 0) is 0 Å². The van der Waals surface area contributed by atoms with Gasteiger partial charge in [0.2, 0.25) is 0 Å². The van der Waals surface area contributed by atoms with Crippen LogP contribution in [0.2, 0.25) is 0 Å². The van der Waals surface area contributed by atoms with E-state index in [1.165, 1.54) is 6.20 Å². The van der Waals surface area contributed by atoms with Crippen molar-refractivity contribution in [1.82, 2.24) is 9.38 Å². The number of hydrogen-bond acceptors (Lipinski definition) is 4. The lowest BCUT2D eigenvalue weighted by Crippen LogP contribution is -2.18. The number of amidine groups is 1. The van der Waals surface area contributed by atoms with Gasteiger partial charge in [-0.15, -0.1) is 0 Å². The summed E-state index contributed by atoms with van der Waals surface area (Å²) in [5.74, 6) is -0.288. The van der Waals surface area contributed by atoms with Gasteiger partial charge in [0, 0.05) is 17.4 Å². The summed E-state index contributed by atoms with van der Waals surface area (Å²) in [6, 6.07) is 9.08. The second-order valence-electron chi connectivity index (χ2n) is 5.49. The van der Waals surface area contributed by atoms with Crippen molar-refractivity contribution in [3.63, 3.8) is 0 Å². The number of carbonyl (C=O) groups excluding carboxylic acids is 1. The smallest absolute Gasteiger partial charge is 0.274 e. The molecule has 2 heterocycles. The monoisotopic (exact) mass is 323 g/mol. The Morgan fingerprint density at radius 2 is 2.08 bits per heavy atom. The van der Waals surface area contributed by atoms with Crippen molar-refractivity contribution in [2.45, 2.75) is 13.8 Å². The molecule has 0 fully saturated rings. The molecule has 0 saturated heterocycles. The molecule has 1 aromatic carbocycles. The van der Waals surface area contributed by atoms with Gasteiger partial charge in [-0.2, -0.15) is 0 Å². The highest BCUT2D eigenvalue weighted by molar-refractivity contribution is 6.05. The van der Waals surface area contributed by atoms with E-state index < -0.39 is 0 Å². The van der Waals surface area contributed by atoms with Crippen molar-refractivity contribution in [2.24, 2.45) is 10.9 Å². The number of aryl methyl sites for hydroxylation is 2. The summed E-state index contributed by atoms with van der Waals surface area (Å²) in [7, 11) is 0. The fourth-order valence-corrected chi connectivity index (χ4v) is 2.60. The number of pyridine rings is 1. The minimum Gasteiger partial charge on any atom is -0.409 e. The lowest BCUT2D eigenvalue weighted by Gasteiger charge is -2.12. The Morgan fingerprint density at radius 1 is 1.29 bits per heavy atom. The molecule has 0 unspecified atom stereocenters. The van der Waals surface area contributed by atoms with Gasteiger partial charge in [0.25, 0.3) is 5.91 Å². The van der Waals surface area contributed by atoms with Gasteiger partial charge >= 0.3 is 0 Å². The minimum atomic E-state index is -0.286. The molecule has 3 aromatic rings. The van der Waals surface area contributed by atoms with E-state index in [-0.39, 0.29) is 11.7 Å². The van der Waals surface area contributed by atoms with Crippen LogP contribution < -0.4 is 11.1 Å². The van der Waals surface area contributed by atoms with E-state index in [2.05, 4.69) is 15.5 Å². The first-order valence-corrected chi connectivity index (χ1v) is 7.34. The first-order valence-electron chi connectivity index (χ1n) is 7.34. The lowest BCUT2D eigenvalue weighted by molar-refractivity contribution is 0.102. The Hall–Kier alpha value is -3.35. The summed E-state index contributed by atoms with van der Waals surface area (Å²) < 4.78 is 1.71. The lowest BCUT2D eigenvalue weighted by atomic mass is 10.0. The number of aromatic nitrogens is 2. The highest BCUT2D eigenvalue weighted by Crippen LogP contribution is 2.21. The number of oxime groups is 1. The van der Waals surface area contributed by atoms with Gasteiger partial charge in [-0.25, -0.2) is 4.98 Å². The second kappa shape index (κ2) is 6.04. The third kappa shape index (κ3) is 2.67. The zero-order valence-corrected chi connectivity index (χ0v) is 13.3. The summed E-state index contributed by atoms with van der Waals surface area (Å²) in [4.78, 5) is 16.8. The molecule has 0 radical (unpaired) electrons. The molecule has 0 bridgehead atoms. The first-order chi connectivity index (χ1) is 11.5. The van der Waals surface area contributed by atoms with Crippen molar-refractivity contribution in [2.75, 3.05) is 5.32 Å². The number of benzene rings is 1. The van der Waals surface area contributed by atoms with E-state index in [1.807, 2.05) is 38.1 Å². The number of carbonyl (C=O) groups is 1. The van der Waals surface area contributed by atoms with Crippen LogP contribution in [0, 0.1) is 13.8 Å². The van der Waals surface area contributed by atoms with Crippen LogP contribution in [0.5, 0.6) is 0 Å². The molecule has 122 valence electrons. The van der Waals surface area contributed by atoms with E-state index in [4.69, 9.17) is 10.9 Å². The Kier molecular flexibility index (Phi) is 3.91.